The molecule has 0 atom stereocenters. The molecule has 0 spiro atoms. The lowest BCUT2D eigenvalue weighted by atomic mass is 10.1. The number of pyridine rings is 1. The van der Waals surface area contributed by atoms with Crippen molar-refractivity contribution < 1.29 is 9.21 Å². The van der Waals surface area contributed by atoms with Crippen LogP contribution in [0.1, 0.15) is 16.7 Å². The molecule has 0 radical (unpaired) electrons. The van der Waals surface area contributed by atoms with Gasteiger partial charge in [-0.25, -0.2) is 0 Å². The van der Waals surface area contributed by atoms with Crippen LogP contribution in [0, 0.1) is 20.8 Å². The van der Waals surface area contributed by atoms with Crippen LogP contribution >= 0.6 is 11.8 Å². The number of nitrogens with one attached hydrogen (secondary N) is 1. The molecule has 6 nitrogen and oxygen atoms in total. The highest BCUT2D eigenvalue weighted by Crippen LogP contribution is 2.24. The van der Waals surface area contributed by atoms with Crippen LogP contribution < -0.4 is 5.32 Å². The van der Waals surface area contributed by atoms with Gasteiger partial charge in [0.1, 0.15) is 0 Å². The Morgan fingerprint density at radius 1 is 1.20 bits per heavy atom. The number of hydrogen-bond acceptors (Lipinski definition) is 6. The van der Waals surface area contributed by atoms with Crippen molar-refractivity contribution in [2.75, 3.05) is 11.1 Å². The second kappa shape index (κ2) is 7.48. The molecule has 1 amide bonds. The molecule has 0 fully saturated rings. The maximum absolute atomic E-state index is 12.2. The molecule has 1 N–H and O–H groups in total. The van der Waals surface area contributed by atoms with Gasteiger partial charge >= 0.3 is 0 Å². The Hall–Kier alpha value is -2.67. The Bertz CT molecular complexity index is 870. The molecule has 1 aromatic carbocycles. The maximum Gasteiger partial charge on any atom is 0.277 e. The third-order valence-electron chi connectivity index (χ3n) is 3.58. The van der Waals surface area contributed by atoms with E-state index >= 15 is 0 Å². The van der Waals surface area contributed by atoms with Gasteiger partial charge in [-0.2, -0.15) is 0 Å². The Kier molecular flexibility index (Phi) is 5.14. The van der Waals surface area contributed by atoms with Crippen LogP contribution in [0.2, 0.25) is 0 Å². The molecule has 0 aliphatic heterocycles. The van der Waals surface area contributed by atoms with Crippen molar-refractivity contribution in [3.8, 4) is 11.5 Å². The predicted molar refractivity (Wildman–Crippen MR) is 97.5 cm³/mol. The number of thioether (sulfide) groups is 1. The van der Waals surface area contributed by atoms with E-state index in [0.29, 0.717) is 11.1 Å². The molecular weight excluding hydrogens is 336 g/mol. The molecule has 2 heterocycles. The number of aryl methyl sites for hydroxylation is 3. The molecule has 0 saturated heterocycles. The van der Waals surface area contributed by atoms with Gasteiger partial charge in [-0.3, -0.25) is 9.78 Å². The molecule has 0 unspecified atom stereocenters. The van der Waals surface area contributed by atoms with Gasteiger partial charge in [0.05, 0.1) is 11.3 Å². The van der Waals surface area contributed by atoms with Crippen LogP contribution in [0.5, 0.6) is 0 Å². The smallest absolute Gasteiger partial charge is 0.277 e. The van der Waals surface area contributed by atoms with Crippen LogP contribution in [-0.2, 0) is 4.79 Å². The van der Waals surface area contributed by atoms with Crippen molar-refractivity contribution >= 4 is 23.4 Å². The average Bonchev–Trinajstić information content (AvgIpc) is 3.06. The quantitative estimate of drug-likeness (QED) is 0.702. The summed E-state index contributed by atoms with van der Waals surface area (Å²) < 4.78 is 5.55. The van der Waals surface area contributed by atoms with Crippen molar-refractivity contribution in [1.29, 1.82) is 0 Å². The number of hydrogen-bond donors (Lipinski definition) is 1. The summed E-state index contributed by atoms with van der Waals surface area (Å²) in [7, 11) is 0. The molecular formula is C18H18N4O2S. The van der Waals surface area contributed by atoms with Crippen LogP contribution in [0.25, 0.3) is 11.5 Å². The highest BCUT2D eigenvalue weighted by Gasteiger charge is 2.13. The molecule has 3 rings (SSSR count). The molecule has 2 aromatic heterocycles. The van der Waals surface area contributed by atoms with Crippen molar-refractivity contribution in [3.05, 3.63) is 53.3 Å². The first-order valence-corrected chi connectivity index (χ1v) is 8.76. The average molecular weight is 354 g/mol. The van der Waals surface area contributed by atoms with Gasteiger partial charge in [-0.05, 0) is 44.0 Å². The van der Waals surface area contributed by atoms with Gasteiger partial charge in [0.2, 0.25) is 11.8 Å². The fourth-order valence-electron chi connectivity index (χ4n) is 2.55. The summed E-state index contributed by atoms with van der Waals surface area (Å²) >= 11 is 1.21. The maximum atomic E-state index is 12.2. The lowest BCUT2D eigenvalue weighted by Gasteiger charge is -2.12. The van der Waals surface area contributed by atoms with E-state index in [1.165, 1.54) is 17.3 Å². The summed E-state index contributed by atoms with van der Waals surface area (Å²) in [6.45, 7) is 6.01. The normalized spacial score (nSPS) is 10.7. The highest BCUT2D eigenvalue weighted by molar-refractivity contribution is 7.99. The van der Waals surface area contributed by atoms with Crippen LogP contribution in [0.4, 0.5) is 5.69 Å². The molecule has 0 bridgehead atoms. The second-order valence-electron chi connectivity index (χ2n) is 5.73. The third-order valence-corrected chi connectivity index (χ3v) is 4.40. The number of carbonyl (C=O) groups is 1. The van der Waals surface area contributed by atoms with Crippen molar-refractivity contribution in [2.45, 2.75) is 26.0 Å². The zero-order valence-corrected chi connectivity index (χ0v) is 15.1. The highest BCUT2D eigenvalue weighted by atomic mass is 32.2. The van der Waals surface area contributed by atoms with Crippen molar-refractivity contribution in [2.24, 2.45) is 0 Å². The first-order valence-electron chi connectivity index (χ1n) is 7.77. The van der Waals surface area contributed by atoms with Gasteiger partial charge in [-0.15, -0.1) is 10.2 Å². The summed E-state index contributed by atoms with van der Waals surface area (Å²) in [5, 5.41) is 11.2. The largest absolute Gasteiger partial charge is 0.411 e. The Balaban J connectivity index is 1.61. The summed E-state index contributed by atoms with van der Waals surface area (Å²) in [6, 6.07) is 7.73. The first kappa shape index (κ1) is 17.2. The summed E-state index contributed by atoms with van der Waals surface area (Å²) in [5.41, 5.74) is 4.88. The zero-order chi connectivity index (χ0) is 17.8. The van der Waals surface area contributed by atoms with Gasteiger partial charge in [-0.1, -0.05) is 29.5 Å². The standard InChI is InChI=1S/C18H18N4O2S/c1-11-7-12(2)16(13(3)8-11)20-15(23)10-25-18-22-21-17(24-18)14-5-4-6-19-9-14/h4-9H,10H2,1-3H3,(H,20,23). The SMILES string of the molecule is Cc1cc(C)c(NC(=O)CSc2nnc(-c3cccnc3)o2)c(C)c1. The van der Waals surface area contributed by atoms with E-state index in [0.717, 1.165) is 22.4 Å². The summed E-state index contributed by atoms with van der Waals surface area (Å²) in [4.78, 5) is 16.2. The molecule has 0 aliphatic carbocycles. The van der Waals surface area contributed by atoms with Crippen LogP contribution in [0.15, 0.2) is 46.3 Å². The van der Waals surface area contributed by atoms with Gasteiger partial charge in [0.15, 0.2) is 0 Å². The van der Waals surface area contributed by atoms with E-state index in [1.54, 1.807) is 18.5 Å². The van der Waals surface area contributed by atoms with E-state index < -0.39 is 0 Å². The Morgan fingerprint density at radius 3 is 2.64 bits per heavy atom. The number of rotatable bonds is 5. The van der Waals surface area contributed by atoms with Crippen LogP contribution in [0.3, 0.4) is 0 Å². The van der Waals surface area contributed by atoms with E-state index in [1.807, 2.05) is 39.0 Å². The number of nitrogens with zero attached hydrogens (tertiary/aromatic N) is 3. The lowest BCUT2D eigenvalue weighted by Crippen LogP contribution is -2.15. The zero-order valence-electron chi connectivity index (χ0n) is 14.2. The minimum absolute atomic E-state index is 0.110. The number of aromatic nitrogens is 3. The Labute approximate surface area is 150 Å². The molecule has 7 heteroatoms. The number of carbonyl (C=O) groups excluding carboxylic acids is 1. The molecule has 25 heavy (non-hydrogen) atoms. The molecule has 0 saturated carbocycles. The number of benzene rings is 1. The summed E-state index contributed by atoms with van der Waals surface area (Å²) in [5.74, 6) is 0.476. The Morgan fingerprint density at radius 2 is 1.96 bits per heavy atom. The minimum atomic E-state index is -0.110. The van der Waals surface area contributed by atoms with Gasteiger partial charge < -0.3 is 9.73 Å². The van der Waals surface area contributed by atoms with E-state index in [-0.39, 0.29) is 11.7 Å². The van der Waals surface area contributed by atoms with Crippen molar-refractivity contribution in [1.82, 2.24) is 15.2 Å². The third kappa shape index (κ3) is 4.24. The first-order chi connectivity index (χ1) is 12.0. The summed E-state index contributed by atoms with van der Waals surface area (Å²) in [6.07, 6.45) is 3.33. The number of anilines is 1. The molecule has 3 aromatic rings. The van der Waals surface area contributed by atoms with Crippen molar-refractivity contribution in [3.63, 3.8) is 0 Å². The van der Waals surface area contributed by atoms with E-state index in [9.17, 15) is 4.79 Å². The predicted octanol–water partition coefficient (Wildman–Crippen LogP) is 3.79. The second-order valence-corrected chi connectivity index (χ2v) is 6.65. The van der Waals surface area contributed by atoms with Gasteiger partial charge in [0, 0.05) is 18.1 Å². The fraction of sp³-hybridized carbons (Fsp3) is 0.222. The monoisotopic (exact) mass is 354 g/mol. The fourth-order valence-corrected chi connectivity index (χ4v) is 3.12. The van der Waals surface area contributed by atoms with E-state index in [4.69, 9.17) is 4.42 Å². The van der Waals surface area contributed by atoms with E-state index in [2.05, 4.69) is 20.5 Å². The van der Waals surface area contributed by atoms with Gasteiger partial charge in [0.25, 0.3) is 5.22 Å². The molecule has 0 aliphatic rings. The lowest BCUT2D eigenvalue weighted by molar-refractivity contribution is -0.113. The molecule has 128 valence electrons. The number of amides is 1. The van der Waals surface area contributed by atoms with Crippen LogP contribution in [-0.4, -0.2) is 26.8 Å². The topological polar surface area (TPSA) is 80.9 Å². The minimum Gasteiger partial charge on any atom is -0.411 e.